The molecule has 6 heteroatoms. The molecule has 0 saturated carbocycles. The molecule has 0 aliphatic heterocycles. The van der Waals surface area contributed by atoms with Crippen LogP contribution in [0.4, 0.5) is 5.69 Å². The summed E-state index contributed by atoms with van der Waals surface area (Å²) >= 11 is 0. The fourth-order valence-corrected chi connectivity index (χ4v) is 2.70. The van der Waals surface area contributed by atoms with E-state index in [-0.39, 0.29) is 5.78 Å². The van der Waals surface area contributed by atoms with E-state index in [0.29, 0.717) is 17.8 Å². The van der Waals surface area contributed by atoms with Gasteiger partial charge in [0.2, 0.25) is 10.0 Å². The summed E-state index contributed by atoms with van der Waals surface area (Å²) in [6.07, 6.45) is 4.26. The lowest BCUT2D eigenvalue weighted by Crippen LogP contribution is -2.29. The first-order chi connectivity index (χ1) is 9.25. The van der Waals surface area contributed by atoms with Crippen LogP contribution >= 0.6 is 0 Å². The van der Waals surface area contributed by atoms with Crippen molar-refractivity contribution < 1.29 is 13.2 Å². The van der Waals surface area contributed by atoms with Crippen LogP contribution in [0.15, 0.2) is 36.5 Å². The lowest BCUT2D eigenvalue weighted by atomic mass is 10.1. The van der Waals surface area contributed by atoms with Crippen LogP contribution in [-0.2, 0) is 10.0 Å². The number of carbonyl (C=O) groups is 1. The maximum absolute atomic E-state index is 12.0. The molecular formula is C14H20N2O3S. The molecule has 20 heavy (non-hydrogen) atoms. The van der Waals surface area contributed by atoms with Crippen LogP contribution in [0.1, 0.15) is 17.3 Å². The van der Waals surface area contributed by atoms with Crippen LogP contribution in [0, 0.1) is 0 Å². The molecule has 1 aromatic rings. The third-order valence-electron chi connectivity index (χ3n) is 2.63. The Labute approximate surface area is 120 Å². The fourth-order valence-electron chi connectivity index (χ4n) is 1.74. The topological polar surface area (TPSA) is 57.7 Å². The quantitative estimate of drug-likeness (QED) is 0.592. The van der Waals surface area contributed by atoms with Crippen molar-refractivity contribution in [1.82, 2.24) is 4.90 Å². The fraction of sp³-hybridized carbons (Fsp3) is 0.357. The van der Waals surface area contributed by atoms with Gasteiger partial charge in [-0.05, 0) is 19.1 Å². The van der Waals surface area contributed by atoms with Crippen molar-refractivity contribution in [2.24, 2.45) is 0 Å². The van der Waals surface area contributed by atoms with Gasteiger partial charge in [-0.25, -0.2) is 8.42 Å². The molecule has 0 saturated heterocycles. The van der Waals surface area contributed by atoms with E-state index in [1.165, 1.54) is 10.4 Å². The highest BCUT2D eigenvalue weighted by molar-refractivity contribution is 7.92. The zero-order valence-electron chi connectivity index (χ0n) is 12.2. The van der Waals surface area contributed by atoms with Crippen molar-refractivity contribution in [3.8, 4) is 0 Å². The van der Waals surface area contributed by atoms with E-state index in [2.05, 4.69) is 0 Å². The minimum Gasteiger partial charge on any atom is -0.383 e. The Balaban J connectivity index is 3.10. The van der Waals surface area contributed by atoms with Gasteiger partial charge in [0.15, 0.2) is 5.78 Å². The summed E-state index contributed by atoms with van der Waals surface area (Å²) in [5.74, 6) is -0.162. The van der Waals surface area contributed by atoms with Gasteiger partial charge in [-0.3, -0.25) is 9.10 Å². The molecule has 0 aliphatic rings. The number of hydrogen-bond donors (Lipinski definition) is 0. The van der Waals surface area contributed by atoms with Gasteiger partial charge in [-0.1, -0.05) is 12.1 Å². The molecule has 0 heterocycles. The van der Waals surface area contributed by atoms with Crippen molar-refractivity contribution in [3.05, 3.63) is 42.1 Å². The Morgan fingerprint density at radius 2 is 1.95 bits per heavy atom. The lowest BCUT2D eigenvalue weighted by molar-refractivity contribution is 0.104. The normalized spacial score (nSPS) is 11.6. The Morgan fingerprint density at radius 1 is 1.30 bits per heavy atom. The summed E-state index contributed by atoms with van der Waals surface area (Å²) in [5.41, 5.74) is 0.960. The highest BCUT2D eigenvalue weighted by Gasteiger charge is 2.16. The van der Waals surface area contributed by atoms with E-state index in [9.17, 15) is 13.2 Å². The van der Waals surface area contributed by atoms with Crippen molar-refractivity contribution in [1.29, 1.82) is 0 Å². The molecular weight excluding hydrogens is 276 g/mol. The third kappa shape index (κ3) is 4.38. The van der Waals surface area contributed by atoms with Gasteiger partial charge in [-0.15, -0.1) is 0 Å². The second kappa shape index (κ2) is 6.56. The molecule has 1 rings (SSSR count). The molecule has 0 N–H and O–H groups in total. The summed E-state index contributed by atoms with van der Waals surface area (Å²) < 4.78 is 24.6. The summed E-state index contributed by atoms with van der Waals surface area (Å²) in [4.78, 5) is 13.7. The van der Waals surface area contributed by atoms with Crippen LogP contribution in [0.3, 0.4) is 0 Å². The molecule has 0 aliphatic carbocycles. The SMILES string of the molecule is CCN(c1cccc(C(=O)C=CN(C)C)c1)S(C)(=O)=O. The van der Waals surface area contributed by atoms with Crippen molar-refractivity contribution in [2.45, 2.75) is 6.92 Å². The van der Waals surface area contributed by atoms with E-state index in [1.54, 1.807) is 42.3 Å². The molecule has 1 aromatic carbocycles. The molecule has 0 fully saturated rings. The smallest absolute Gasteiger partial charge is 0.232 e. The maximum atomic E-state index is 12.0. The van der Waals surface area contributed by atoms with Gasteiger partial charge in [-0.2, -0.15) is 0 Å². The number of ketones is 1. The first-order valence-corrected chi connectivity index (χ1v) is 8.07. The van der Waals surface area contributed by atoms with Crippen LogP contribution in [-0.4, -0.2) is 46.0 Å². The predicted octanol–water partition coefficient (Wildman–Crippen LogP) is 1.73. The largest absolute Gasteiger partial charge is 0.383 e. The zero-order chi connectivity index (χ0) is 15.3. The zero-order valence-corrected chi connectivity index (χ0v) is 13.0. The Bertz CT molecular complexity index is 607. The summed E-state index contributed by atoms with van der Waals surface area (Å²) in [6, 6.07) is 6.62. The Morgan fingerprint density at radius 3 is 2.45 bits per heavy atom. The van der Waals surface area contributed by atoms with E-state index in [0.717, 1.165) is 6.26 Å². The number of hydrogen-bond acceptors (Lipinski definition) is 4. The van der Waals surface area contributed by atoms with Gasteiger partial charge in [0, 0.05) is 38.5 Å². The monoisotopic (exact) mass is 296 g/mol. The molecule has 0 amide bonds. The van der Waals surface area contributed by atoms with Gasteiger partial charge in [0.05, 0.1) is 11.9 Å². The second-order valence-corrected chi connectivity index (χ2v) is 6.53. The Kier molecular flexibility index (Phi) is 5.33. The maximum Gasteiger partial charge on any atom is 0.232 e. The number of allylic oxidation sites excluding steroid dienone is 1. The highest BCUT2D eigenvalue weighted by Crippen LogP contribution is 2.19. The third-order valence-corrected chi connectivity index (χ3v) is 3.90. The minimum atomic E-state index is -3.34. The number of carbonyl (C=O) groups excluding carboxylic acids is 1. The van der Waals surface area contributed by atoms with Gasteiger partial charge < -0.3 is 4.90 Å². The summed E-state index contributed by atoms with van der Waals surface area (Å²) in [7, 11) is 0.304. The van der Waals surface area contributed by atoms with Gasteiger partial charge in [0.1, 0.15) is 0 Å². The molecule has 0 spiro atoms. The van der Waals surface area contributed by atoms with Gasteiger partial charge in [0.25, 0.3) is 0 Å². The number of anilines is 1. The summed E-state index contributed by atoms with van der Waals surface area (Å²) in [6.45, 7) is 2.07. The average Bonchev–Trinajstić information content (AvgIpc) is 2.35. The van der Waals surface area contributed by atoms with Crippen LogP contribution < -0.4 is 4.31 Å². The number of benzene rings is 1. The number of sulfonamides is 1. The molecule has 0 atom stereocenters. The molecule has 110 valence electrons. The first kappa shape index (κ1) is 16.2. The molecule has 0 aromatic heterocycles. The molecule has 5 nitrogen and oxygen atoms in total. The second-order valence-electron chi connectivity index (χ2n) is 4.62. The van der Waals surface area contributed by atoms with Crippen LogP contribution in [0.5, 0.6) is 0 Å². The van der Waals surface area contributed by atoms with Crippen molar-refractivity contribution in [2.75, 3.05) is 31.2 Å². The molecule has 0 radical (unpaired) electrons. The summed E-state index contributed by atoms with van der Waals surface area (Å²) in [5, 5.41) is 0. The van der Waals surface area contributed by atoms with E-state index >= 15 is 0 Å². The minimum absolute atomic E-state index is 0.162. The van der Waals surface area contributed by atoms with Crippen LogP contribution in [0.25, 0.3) is 0 Å². The standard InChI is InChI=1S/C14H20N2O3S/c1-5-16(20(4,18)19)13-8-6-7-12(11-13)14(17)9-10-15(2)3/h6-11H,5H2,1-4H3. The van der Waals surface area contributed by atoms with Crippen molar-refractivity contribution in [3.63, 3.8) is 0 Å². The highest BCUT2D eigenvalue weighted by atomic mass is 32.2. The average molecular weight is 296 g/mol. The molecule has 0 bridgehead atoms. The van der Waals surface area contributed by atoms with Crippen molar-refractivity contribution >= 4 is 21.5 Å². The van der Waals surface area contributed by atoms with E-state index in [4.69, 9.17) is 0 Å². The molecule has 0 unspecified atom stereocenters. The van der Waals surface area contributed by atoms with Gasteiger partial charge >= 0.3 is 0 Å². The van der Waals surface area contributed by atoms with Crippen LogP contribution in [0.2, 0.25) is 0 Å². The van der Waals surface area contributed by atoms with E-state index in [1.807, 2.05) is 14.1 Å². The predicted molar refractivity (Wildman–Crippen MR) is 81.5 cm³/mol. The number of rotatable bonds is 6. The number of nitrogens with zero attached hydrogens (tertiary/aromatic N) is 2. The first-order valence-electron chi connectivity index (χ1n) is 6.22. The lowest BCUT2D eigenvalue weighted by Gasteiger charge is -2.20. The Hall–Kier alpha value is -1.82. The van der Waals surface area contributed by atoms with E-state index < -0.39 is 10.0 Å².